The van der Waals surface area contributed by atoms with E-state index in [0.29, 0.717) is 11.3 Å². The minimum absolute atomic E-state index is 0.475. The van der Waals surface area contributed by atoms with Crippen molar-refractivity contribution in [3.05, 3.63) is 23.8 Å². The molecule has 0 saturated heterocycles. The maximum atomic E-state index is 5.38. The first-order valence-corrected chi connectivity index (χ1v) is 7.15. The number of methoxy groups -OCH3 is 1. The zero-order chi connectivity index (χ0) is 12.6. The summed E-state index contributed by atoms with van der Waals surface area (Å²) in [5, 5.41) is 3.57. The van der Waals surface area contributed by atoms with Gasteiger partial charge in [0.1, 0.15) is 5.75 Å². The van der Waals surface area contributed by atoms with Crippen LogP contribution < -0.4 is 10.1 Å². The van der Waals surface area contributed by atoms with Crippen molar-refractivity contribution in [2.24, 2.45) is 5.41 Å². The van der Waals surface area contributed by atoms with E-state index in [1.54, 1.807) is 7.11 Å². The zero-order valence-electron chi connectivity index (χ0n) is 11.5. The van der Waals surface area contributed by atoms with Crippen molar-refractivity contribution in [2.45, 2.75) is 44.9 Å². The first-order valence-electron chi connectivity index (χ1n) is 7.15. The topological polar surface area (TPSA) is 21.3 Å². The first-order chi connectivity index (χ1) is 8.73. The van der Waals surface area contributed by atoms with Crippen LogP contribution in [0.1, 0.15) is 50.5 Å². The van der Waals surface area contributed by atoms with Gasteiger partial charge in [0.05, 0.1) is 7.11 Å². The number of fused-ring (bicyclic) bond motifs is 1. The molecule has 18 heavy (non-hydrogen) atoms. The molecule has 1 unspecified atom stereocenters. The summed E-state index contributed by atoms with van der Waals surface area (Å²) in [5.41, 5.74) is 3.26. The lowest BCUT2D eigenvalue weighted by Gasteiger charge is -2.39. The van der Waals surface area contributed by atoms with Gasteiger partial charge in [-0.1, -0.05) is 26.2 Å². The normalized spacial score (nSPS) is 25.3. The molecule has 98 valence electrons. The molecule has 1 N–H and O–H groups in total. The van der Waals surface area contributed by atoms with Gasteiger partial charge in [-0.3, -0.25) is 0 Å². The van der Waals surface area contributed by atoms with Crippen LogP contribution in [0.3, 0.4) is 0 Å². The van der Waals surface area contributed by atoms with Crippen molar-refractivity contribution in [3.63, 3.8) is 0 Å². The molecule has 3 rings (SSSR count). The minimum Gasteiger partial charge on any atom is -0.497 e. The summed E-state index contributed by atoms with van der Waals surface area (Å²) in [6.45, 7) is 3.58. The molecule has 1 aromatic carbocycles. The van der Waals surface area contributed by atoms with E-state index in [0.717, 1.165) is 12.3 Å². The van der Waals surface area contributed by atoms with E-state index >= 15 is 0 Å². The van der Waals surface area contributed by atoms with Crippen molar-refractivity contribution in [1.29, 1.82) is 0 Å². The van der Waals surface area contributed by atoms with Crippen LogP contribution in [-0.4, -0.2) is 13.7 Å². The van der Waals surface area contributed by atoms with E-state index in [4.69, 9.17) is 4.74 Å². The van der Waals surface area contributed by atoms with Crippen molar-refractivity contribution >= 4 is 5.69 Å². The second-order valence-electron chi connectivity index (χ2n) is 6.10. The van der Waals surface area contributed by atoms with Gasteiger partial charge < -0.3 is 10.1 Å². The van der Waals surface area contributed by atoms with Crippen molar-refractivity contribution in [3.8, 4) is 5.75 Å². The quantitative estimate of drug-likeness (QED) is 0.844. The molecule has 0 bridgehead atoms. The molecule has 0 aromatic heterocycles. The lowest BCUT2D eigenvalue weighted by atomic mass is 9.66. The van der Waals surface area contributed by atoms with Crippen molar-refractivity contribution in [1.82, 2.24) is 0 Å². The highest BCUT2D eigenvalue weighted by Gasteiger charge is 2.39. The zero-order valence-corrected chi connectivity index (χ0v) is 11.5. The van der Waals surface area contributed by atoms with Crippen LogP contribution in [-0.2, 0) is 0 Å². The first kappa shape index (κ1) is 11.9. The van der Waals surface area contributed by atoms with Gasteiger partial charge in [0.15, 0.2) is 0 Å². The second-order valence-corrected chi connectivity index (χ2v) is 6.10. The Morgan fingerprint density at radius 3 is 2.72 bits per heavy atom. The highest BCUT2D eigenvalue weighted by atomic mass is 16.5. The van der Waals surface area contributed by atoms with Crippen LogP contribution in [0.25, 0.3) is 0 Å². The van der Waals surface area contributed by atoms with Crippen LogP contribution in [0.2, 0.25) is 0 Å². The van der Waals surface area contributed by atoms with Crippen LogP contribution >= 0.6 is 0 Å². The number of ether oxygens (including phenoxy) is 1. The molecule has 1 aliphatic heterocycles. The Balaban J connectivity index is 1.93. The second kappa shape index (κ2) is 4.49. The Hall–Kier alpha value is -1.18. The number of hydrogen-bond acceptors (Lipinski definition) is 2. The standard InChI is InChI=1S/C16H23NO/c1-16(8-4-3-5-9-16)14-11-17-15-7-6-12(18-2)10-13(14)15/h6-7,10,14,17H,3-5,8-9,11H2,1-2H3. The Kier molecular flexibility index (Phi) is 2.96. The van der Waals surface area contributed by atoms with Gasteiger partial charge in [-0.15, -0.1) is 0 Å². The monoisotopic (exact) mass is 245 g/mol. The van der Waals surface area contributed by atoms with E-state index < -0.39 is 0 Å². The summed E-state index contributed by atoms with van der Waals surface area (Å²) in [4.78, 5) is 0. The SMILES string of the molecule is COc1ccc2c(c1)C(C1(C)CCCCC1)CN2. The highest BCUT2D eigenvalue weighted by molar-refractivity contribution is 5.60. The lowest BCUT2D eigenvalue weighted by molar-refractivity contribution is 0.177. The van der Waals surface area contributed by atoms with E-state index in [1.807, 2.05) is 0 Å². The molecule has 1 heterocycles. The Morgan fingerprint density at radius 1 is 1.22 bits per heavy atom. The predicted octanol–water partition coefficient (Wildman–Crippen LogP) is 4.17. The van der Waals surface area contributed by atoms with Crippen LogP contribution in [0, 0.1) is 5.41 Å². The molecule has 1 aromatic rings. The third-order valence-corrected chi connectivity index (χ3v) is 4.97. The fourth-order valence-corrected chi connectivity index (χ4v) is 3.77. The highest BCUT2D eigenvalue weighted by Crippen LogP contribution is 2.51. The largest absolute Gasteiger partial charge is 0.497 e. The molecule has 2 nitrogen and oxygen atoms in total. The smallest absolute Gasteiger partial charge is 0.119 e. The Labute approximate surface area is 110 Å². The molecule has 2 aliphatic rings. The molecule has 1 saturated carbocycles. The summed E-state index contributed by atoms with van der Waals surface area (Å²) in [6, 6.07) is 6.46. The maximum absolute atomic E-state index is 5.38. The minimum atomic E-state index is 0.475. The fraction of sp³-hybridized carbons (Fsp3) is 0.625. The van der Waals surface area contributed by atoms with Crippen LogP contribution in [0.5, 0.6) is 5.75 Å². The van der Waals surface area contributed by atoms with Gasteiger partial charge >= 0.3 is 0 Å². The van der Waals surface area contributed by atoms with E-state index in [2.05, 4.69) is 30.4 Å². The average Bonchev–Trinajstić information content (AvgIpc) is 2.83. The predicted molar refractivity (Wildman–Crippen MR) is 75.4 cm³/mol. The third kappa shape index (κ3) is 1.88. The molecule has 0 spiro atoms. The molecule has 1 atom stereocenters. The molecular weight excluding hydrogens is 222 g/mol. The van der Waals surface area contributed by atoms with Gasteiger partial charge in [0.2, 0.25) is 0 Å². The van der Waals surface area contributed by atoms with Crippen LogP contribution in [0.4, 0.5) is 5.69 Å². The van der Waals surface area contributed by atoms with E-state index in [-0.39, 0.29) is 0 Å². The van der Waals surface area contributed by atoms with Crippen LogP contribution in [0.15, 0.2) is 18.2 Å². The molecule has 1 fully saturated rings. The number of rotatable bonds is 2. The van der Waals surface area contributed by atoms with E-state index in [1.165, 1.54) is 43.4 Å². The van der Waals surface area contributed by atoms with Crippen molar-refractivity contribution < 1.29 is 4.74 Å². The molecule has 2 heteroatoms. The third-order valence-electron chi connectivity index (χ3n) is 4.97. The Morgan fingerprint density at radius 2 is 2.00 bits per heavy atom. The van der Waals surface area contributed by atoms with Gasteiger partial charge in [0, 0.05) is 18.2 Å². The summed E-state index contributed by atoms with van der Waals surface area (Å²) in [5.74, 6) is 1.64. The molecule has 0 amide bonds. The summed E-state index contributed by atoms with van der Waals surface area (Å²) >= 11 is 0. The maximum Gasteiger partial charge on any atom is 0.119 e. The van der Waals surface area contributed by atoms with Crippen molar-refractivity contribution in [2.75, 3.05) is 19.0 Å². The fourth-order valence-electron chi connectivity index (χ4n) is 3.77. The number of hydrogen-bond donors (Lipinski definition) is 1. The summed E-state index contributed by atoms with van der Waals surface area (Å²) in [6.07, 6.45) is 6.95. The average molecular weight is 245 g/mol. The van der Waals surface area contributed by atoms with Gasteiger partial charge in [-0.05, 0) is 42.0 Å². The number of benzene rings is 1. The summed E-state index contributed by atoms with van der Waals surface area (Å²) in [7, 11) is 1.75. The molecule has 1 aliphatic carbocycles. The van der Waals surface area contributed by atoms with E-state index in [9.17, 15) is 0 Å². The molecular formula is C16H23NO. The van der Waals surface area contributed by atoms with Gasteiger partial charge in [-0.2, -0.15) is 0 Å². The molecule has 0 radical (unpaired) electrons. The van der Waals surface area contributed by atoms with Gasteiger partial charge in [0.25, 0.3) is 0 Å². The van der Waals surface area contributed by atoms with Gasteiger partial charge in [-0.25, -0.2) is 0 Å². The number of nitrogens with one attached hydrogen (secondary N) is 1. The number of anilines is 1. The summed E-state index contributed by atoms with van der Waals surface area (Å²) < 4.78 is 5.38. The lowest BCUT2D eigenvalue weighted by Crippen LogP contribution is -2.29. The Bertz CT molecular complexity index is 435.